The molecule has 2 aromatic heterocycles. The van der Waals surface area contributed by atoms with Gasteiger partial charge in [0.1, 0.15) is 11.4 Å². The number of fused-ring (bicyclic) bond motifs is 1. The van der Waals surface area contributed by atoms with Gasteiger partial charge in [-0.25, -0.2) is 4.98 Å². The van der Waals surface area contributed by atoms with E-state index in [9.17, 15) is 14.7 Å². The highest BCUT2D eigenvalue weighted by molar-refractivity contribution is 5.93. The predicted molar refractivity (Wildman–Crippen MR) is 104 cm³/mol. The quantitative estimate of drug-likeness (QED) is 0.672. The standard InChI is InChI=1S/C20H20N4O4/c1-3-8-24-17(13-4-6-15(28-2)7-5-13)12-22-11-16(21-18(22)20(24)27)19(26)23-9-14(25)10-23/h3-7,11-12,14,25H,1,8-10H2,2H3. The summed E-state index contributed by atoms with van der Waals surface area (Å²) >= 11 is 0. The fraction of sp³-hybridized carbons (Fsp3) is 0.250. The van der Waals surface area contributed by atoms with Crippen molar-refractivity contribution in [2.75, 3.05) is 20.2 Å². The molecular weight excluding hydrogens is 360 g/mol. The van der Waals surface area contributed by atoms with Gasteiger partial charge in [-0.1, -0.05) is 6.08 Å². The van der Waals surface area contributed by atoms with Gasteiger partial charge >= 0.3 is 0 Å². The molecule has 0 bridgehead atoms. The normalized spacial score (nSPS) is 14.1. The summed E-state index contributed by atoms with van der Waals surface area (Å²) in [6.07, 6.45) is 4.47. The zero-order valence-electron chi connectivity index (χ0n) is 15.4. The van der Waals surface area contributed by atoms with Gasteiger partial charge in [0.25, 0.3) is 11.5 Å². The van der Waals surface area contributed by atoms with Crippen LogP contribution in [0.2, 0.25) is 0 Å². The number of benzene rings is 1. The van der Waals surface area contributed by atoms with Crippen molar-refractivity contribution in [3.63, 3.8) is 0 Å². The van der Waals surface area contributed by atoms with Crippen LogP contribution in [0.15, 0.2) is 54.1 Å². The molecule has 28 heavy (non-hydrogen) atoms. The second-order valence-corrected chi connectivity index (χ2v) is 6.67. The maximum atomic E-state index is 13.0. The Hall–Kier alpha value is -3.39. The minimum atomic E-state index is -0.493. The number of aliphatic hydroxyl groups is 1. The van der Waals surface area contributed by atoms with Gasteiger partial charge in [0.15, 0.2) is 0 Å². The van der Waals surface area contributed by atoms with Crippen LogP contribution < -0.4 is 10.3 Å². The number of carbonyl (C=O) groups excluding carboxylic acids is 1. The highest BCUT2D eigenvalue weighted by atomic mass is 16.5. The fourth-order valence-electron chi connectivity index (χ4n) is 3.27. The van der Waals surface area contributed by atoms with Gasteiger partial charge in [-0.05, 0) is 24.3 Å². The van der Waals surface area contributed by atoms with E-state index in [1.165, 1.54) is 4.90 Å². The lowest BCUT2D eigenvalue weighted by molar-refractivity contribution is 0.00555. The third-order valence-electron chi connectivity index (χ3n) is 4.79. The molecule has 0 radical (unpaired) electrons. The molecule has 1 aromatic carbocycles. The monoisotopic (exact) mass is 380 g/mol. The van der Waals surface area contributed by atoms with Crippen molar-refractivity contribution < 1.29 is 14.6 Å². The predicted octanol–water partition coefficient (Wildman–Crippen LogP) is 1.17. The lowest BCUT2D eigenvalue weighted by atomic mass is 10.1. The van der Waals surface area contributed by atoms with Gasteiger partial charge in [-0.2, -0.15) is 0 Å². The van der Waals surface area contributed by atoms with Gasteiger partial charge in [0.05, 0.1) is 18.9 Å². The number of methoxy groups -OCH3 is 1. The van der Waals surface area contributed by atoms with Gasteiger partial charge in [-0.3, -0.25) is 18.6 Å². The number of amides is 1. The summed E-state index contributed by atoms with van der Waals surface area (Å²) in [5.74, 6) is 0.421. The van der Waals surface area contributed by atoms with Crippen LogP contribution in [0.4, 0.5) is 0 Å². The Balaban J connectivity index is 1.82. The largest absolute Gasteiger partial charge is 0.497 e. The van der Waals surface area contributed by atoms with Crippen LogP contribution in [0.5, 0.6) is 5.75 Å². The first-order valence-corrected chi connectivity index (χ1v) is 8.87. The fourth-order valence-corrected chi connectivity index (χ4v) is 3.27. The Kier molecular flexibility index (Phi) is 4.48. The summed E-state index contributed by atoms with van der Waals surface area (Å²) in [7, 11) is 1.59. The summed E-state index contributed by atoms with van der Waals surface area (Å²) in [5, 5.41) is 9.40. The van der Waals surface area contributed by atoms with E-state index in [2.05, 4.69) is 11.6 Å². The molecule has 0 unspecified atom stereocenters. The first-order valence-electron chi connectivity index (χ1n) is 8.87. The first-order chi connectivity index (χ1) is 13.5. The zero-order valence-corrected chi connectivity index (χ0v) is 15.4. The number of allylic oxidation sites excluding steroid dienone is 1. The number of aliphatic hydroxyl groups excluding tert-OH is 1. The summed E-state index contributed by atoms with van der Waals surface area (Å²) in [4.78, 5) is 31.3. The smallest absolute Gasteiger partial charge is 0.295 e. The summed E-state index contributed by atoms with van der Waals surface area (Å²) in [5.41, 5.74) is 1.55. The van der Waals surface area contributed by atoms with Crippen LogP contribution >= 0.6 is 0 Å². The number of imidazole rings is 1. The Morgan fingerprint density at radius 1 is 1.32 bits per heavy atom. The van der Waals surface area contributed by atoms with Crippen molar-refractivity contribution in [3.8, 4) is 17.0 Å². The Morgan fingerprint density at radius 3 is 2.64 bits per heavy atom. The van der Waals surface area contributed by atoms with Crippen molar-refractivity contribution in [3.05, 3.63) is 65.4 Å². The number of β-amino-alcohol motifs (C(OH)–C–C–N with tert-alkyl or cyclic N) is 1. The van der Waals surface area contributed by atoms with E-state index in [4.69, 9.17) is 4.74 Å². The minimum Gasteiger partial charge on any atom is -0.497 e. The van der Waals surface area contributed by atoms with E-state index in [-0.39, 0.29) is 35.9 Å². The van der Waals surface area contributed by atoms with Crippen molar-refractivity contribution in [1.82, 2.24) is 18.9 Å². The molecule has 0 saturated carbocycles. The van der Waals surface area contributed by atoms with Crippen LogP contribution in [0.25, 0.3) is 16.9 Å². The number of aromatic nitrogens is 3. The second kappa shape index (κ2) is 6.97. The summed E-state index contributed by atoms with van der Waals surface area (Å²) < 4.78 is 8.34. The van der Waals surface area contributed by atoms with E-state index in [0.717, 1.165) is 11.3 Å². The highest BCUT2D eigenvalue weighted by Crippen LogP contribution is 2.22. The van der Waals surface area contributed by atoms with E-state index < -0.39 is 6.10 Å². The molecule has 0 spiro atoms. The number of rotatable bonds is 5. The van der Waals surface area contributed by atoms with E-state index in [0.29, 0.717) is 12.2 Å². The molecule has 4 rings (SSSR count). The molecule has 8 heteroatoms. The highest BCUT2D eigenvalue weighted by Gasteiger charge is 2.31. The molecule has 8 nitrogen and oxygen atoms in total. The van der Waals surface area contributed by atoms with Crippen LogP contribution in [-0.2, 0) is 6.54 Å². The van der Waals surface area contributed by atoms with Crippen LogP contribution in [0.1, 0.15) is 10.5 Å². The third-order valence-corrected chi connectivity index (χ3v) is 4.79. The maximum absolute atomic E-state index is 13.0. The van der Waals surface area contributed by atoms with Gasteiger partial charge < -0.3 is 14.7 Å². The van der Waals surface area contributed by atoms with Crippen molar-refractivity contribution >= 4 is 11.6 Å². The maximum Gasteiger partial charge on any atom is 0.295 e. The SMILES string of the molecule is C=CCn1c(-c2ccc(OC)cc2)cn2cc(C(=O)N3CC(O)C3)nc2c1=O. The number of hydrogen-bond acceptors (Lipinski definition) is 5. The number of likely N-dealkylation sites (tertiary alicyclic amines) is 1. The van der Waals surface area contributed by atoms with Gasteiger partial charge in [-0.15, -0.1) is 6.58 Å². The average Bonchev–Trinajstić information content (AvgIpc) is 3.12. The molecular formula is C20H20N4O4. The van der Waals surface area contributed by atoms with E-state index in [1.54, 1.807) is 34.5 Å². The number of nitrogens with zero attached hydrogens (tertiary/aromatic N) is 4. The molecule has 1 aliphatic rings. The Morgan fingerprint density at radius 2 is 2.04 bits per heavy atom. The third kappa shape index (κ3) is 2.97. The van der Waals surface area contributed by atoms with Crippen molar-refractivity contribution in [1.29, 1.82) is 0 Å². The Bertz CT molecular complexity index is 1110. The van der Waals surface area contributed by atoms with Gasteiger partial charge in [0.2, 0.25) is 5.65 Å². The van der Waals surface area contributed by atoms with Crippen LogP contribution in [-0.4, -0.2) is 56.2 Å². The van der Waals surface area contributed by atoms with Crippen LogP contribution in [0, 0.1) is 0 Å². The molecule has 0 atom stereocenters. The lowest BCUT2D eigenvalue weighted by Crippen LogP contribution is -2.53. The molecule has 1 fully saturated rings. The van der Waals surface area contributed by atoms with Gasteiger partial charge in [0, 0.05) is 37.6 Å². The molecule has 1 N–H and O–H groups in total. The number of ether oxygens (including phenoxy) is 1. The topological polar surface area (TPSA) is 89.1 Å². The Labute approximate surface area is 160 Å². The zero-order chi connectivity index (χ0) is 19.8. The van der Waals surface area contributed by atoms with E-state index >= 15 is 0 Å². The summed E-state index contributed by atoms with van der Waals surface area (Å²) in [6.45, 7) is 4.61. The molecule has 1 amide bonds. The first kappa shape index (κ1) is 18.0. The average molecular weight is 380 g/mol. The van der Waals surface area contributed by atoms with Crippen molar-refractivity contribution in [2.24, 2.45) is 0 Å². The lowest BCUT2D eigenvalue weighted by Gasteiger charge is -2.35. The second-order valence-electron chi connectivity index (χ2n) is 6.67. The van der Waals surface area contributed by atoms with E-state index in [1.807, 2.05) is 24.3 Å². The molecule has 0 aliphatic carbocycles. The molecule has 3 heterocycles. The molecule has 144 valence electrons. The number of hydrogen-bond donors (Lipinski definition) is 1. The molecule has 1 saturated heterocycles. The van der Waals surface area contributed by atoms with Crippen LogP contribution in [0.3, 0.4) is 0 Å². The van der Waals surface area contributed by atoms with Crippen molar-refractivity contribution in [2.45, 2.75) is 12.6 Å². The molecule has 1 aliphatic heterocycles. The minimum absolute atomic E-state index is 0.170. The summed E-state index contributed by atoms with van der Waals surface area (Å²) in [6, 6.07) is 7.37. The molecule has 3 aromatic rings. The number of carbonyl (C=O) groups is 1.